The first-order valence-electron chi connectivity index (χ1n) is 7.97. The number of carbonyl (C=O) groups excluding carboxylic acids is 1. The third-order valence-corrected chi connectivity index (χ3v) is 4.17. The summed E-state index contributed by atoms with van der Waals surface area (Å²) in [4.78, 5) is 24.6. The SMILES string of the molecule is O=C(Nc1ncnc2c1ncn2[C@@H]1O/C(=C/F)[C@@H](O)[C@H]1O)c1ccccc1. The van der Waals surface area contributed by atoms with Crippen molar-refractivity contribution in [2.75, 3.05) is 5.32 Å². The maximum atomic E-state index is 12.8. The van der Waals surface area contributed by atoms with Gasteiger partial charge in [-0.15, -0.1) is 0 Å². The minimum atomic E-state index is -1.50. The quantitative estimate of drug-likeness (QED) is 0.631. The van der Waals surface area contributed by atoms with Crippen LogP contribution in [0.2, 0.25) is 0 Å². The summed E-state index contributed by atoms with van der Waals surface area (Å²) >= 11 is 0. The zero-order valence-corrected chi connectivity index (χ0v) is 13.7. The number of rotatable bonds is 3. The van der Waals surface area contributed by atoms with Crippen molar-refractivity contribution in [3.63, 3.8) is 0 Å². The molecule has 1 aliphatic heterocycles. The third kappa shape index (κ3) is 2.90. The molecule has 27 heavy (non-hydrogen) atoms. The number of carbonyl (C=O) groups is 1. The molecule has 1 amide bonds. The molecule has 3 aromatic rings. The van der Waals surface area contributed by atoms with E-state index in [9.17, 15) is 19.4 Å². The minimum absolute atomic E-state index is 0.0908. The van der Waals surface area contributed by atoms with E-state index in [0.717, 1.165) is 0 Å². The maximum Gasteiger partial charge on any atom is 0.256 e. The van der Waals surface area contributed by atoms with Crippen molar-refractivity contribution < 1.29 is 24.1 Å². The third-order valence-electron chi connectivity index (χ3n) is 4.17. The van der Waals surface area contributed by atoms with E-state index in [0.29, 0.717) is 5.56 Å². The van der Waals surface area contributed by atoms with Crippen molar-refractivity contribution in [2.45, 2.75) is 18.4 Å². The number of aliphatic hydroxyl groups excluding tert-OH is 2. The number of aromatic nitrogens is 4. The Bertz CT molecular complexity index is 1020. The molecule has 1 aromatic carbocycles. The van der Waals surface area contributed by atoms with E-state index in [1.54, 1.807) is 30.3 Å². The summed E-state index contributed by atoms with van der Waals surface area (Å²) in [6.45, 7) is 0. The Labute approximate surface area is 151 Å². The lowest BCUT2D eigenvalue weighted by Gasteiger charge is -2.15. The van der Waals surface area contributed by atoms with Gasteiger partial charge in [-0.1, -0.05) is 18.2 Å². The number of hydrogen-bond acceptors (Lipinski definition) is 7. The zero-order chi connectivity index (χ0) is 19.0. The van der Waals surface area contributed by atoms with Gasteiger partial charge in [-0.3, -0.25) is 9.36 Å². The van der Waals surface area contributed by atoms with Crippen molar-refractivity contribution in [1.82, 2.24) is 19.5 Å². The lowest BCUT2D eigenvalue weighted by Crippen LogP contribution is -2.27. The predicted molar refractivity (Wildman–Crippen MR) is 91.0 cm³/mol. The molecule has 3 atom stereocenters. The molecule has 138 valence electrons. The van der Waals surface area contributed by atoms with Crippen LogP contribution in [0.15, 0.2) is 55.1 Å². The van der Waals surface area contributed by atoms with Gasteiger partial charge >= 0.3 is 0 Å². The highest BCUT2D eigenvalue weighted by Gasteiger charge is 2.42. The standard InChI is InChI=1S/C17H14FN5O4/c18-6-10-12(24)13(25)17(27-10)23-8-21-11-14(19-7-20-15(11)23)22-16(26)9-4-2-1-3-5-9/h1-8,12-13,17,24-25H,(H,19,20,22,26)/b10-6+/t12-,13-,17-/m1/s1. The smallest absolute Gasteiger partial charge is 0.256 e. The van der Waals surface area contributed by atoms with Gasteiger partial charge in [0, 0.05) is 5.56 Å². The first-order chi connectivity index (χ1) is 13.1. The fourth-order valence-corrected chi connectivity index (χ4v) is 2.81. The summed E-state index contributed by atoms with van der Waals surface area (Å²) in [7, 11) is 0. The molecule has 4 rings (SSSR count). The van der Waals surface area contributed by atoms with Gasteiger partial charge in [0.15, 0.2) is 22.7 Å². The minimum Gasteiger partial charge on any atom is -0.466 e. The second kappa shape index (κ2) is 6.74. The van der Waals surface area contributed by atoms with E-state index in [2.05, 4.69) is 20.3 Å². The van der Waals surface area contributed by atoms with E-state index in [1.165, 1.54) is 17.2 Å². The van der Waals surface area contributed by atoms with Crippen molar-refractivity contribution in [3.05, 3.63) is 60.6 Å². The molecular formula is C17H14FN5O4. The van der Waals surface area contributed by atoms with Crippen LogP contribution in [-0.2, 0) is 4.74 Å². The number of nitrogens with zero attached hydrogens (tertiary/aromatic N) is 4. The lowest BCUT2D eigenvalue weighted by atomic mass is 10.2. The summed E-state index contributed by atoms with van der Waals surface area (Å²) in [6.07, 6.45) is -1.43. The number of fused-ring (bicyclic) bond motifs is 1. The topological polar surface area (TPSA) is 122 Å². The Morgan fingerprint density at radius 2 is 2.00 bits per heavy atom. The first-order valence-corrected chi connectivity index (χ1v) is 7.97. The first kappa shape index (κ1) is 17.1. The monoisotopic (exact) mass is 371 g/mol. The summed E-state index contributed by atoms with van der Waals surface area (Å²) in [5, 5.41) is 22.6. The van der Waals surface area contributed by atoms with Gasteiger partial charge in [0.2, 0.25) is 6.23 Å². The lowest BCUT2D eigenvalue weighted by molar-refractivity contribution is -0.0120. The Balaban J connectivity index is 1.67. The molecule has 2 aromatic heterocycles. The fraction of sp³-hybridized carbons (Fsp3) is 0.176. The number of hydrogen-bond donors (Lipinski definition) is 3. The van der Waals surface area contributed by atoms with E-state index < -0.39 is 18.4 Å². The molecule has 0 saturated carbocycles. The predicted octanol–water partition coefficient (Wildman–Crippen LogP) is 1.14. The highest BCUT2D eigenvalue weighted by molar-refractivity contribution is 6.06. The highest BCUT2D eigenvalue weighted by Crippen LogP contribution is 2.34. The van der Waals surface area contributed by atoms with Crippen LogP contribution in [0.25, 0.3) is 11.2 Å². The van der Waals surface area contributed by atoms with Gasteiger partial charge in [0.1, 0.15) is 31.2 Å². The Kier molecular flexibility index (Phi) is 4.26. The van der Waals surface area contributed by atoms with Crippen LogP contribution < -0.4 is 5.32 Å². The van der Waals surface area contributed by atoms with E-state index in [1.807, 2.05) is 0 Å². The molecule has 0 unspecified atom stereocenters. The van der Waals surface area contributed by atoms with Crippen LogP contribution >= 0.6 is 0 Å². The van der Waals surface area contributed by atoms with Gasteiger partial charge in [-0.2, -0.15) is 0 Å². The molecule has 0 bridgehead atoms. The van der Waals surface area contributed by atoms with Gasteiger partial charge < -0.3 is 20.3 Å². The number of ether oxygens (including phenoxy) is 1. The molecular weight excluding hydrogens is 357 g/mol. The van der Waals surface area contributed by atoms with Crippen molar-refractivity contribution >= 4 is 22.9 Å². The molecule has 0 spiro atoms. The summed E-state index contributed by atoms with van der Waals surface area (Å²) in [5.74, 6) is -0.594. The van der Waals surface area contributed by atoms with Crippen LogP contribution in [0.5, 0.6) is 0 Å². The van der Waals surface area contributed by atoms with E-state index in [-0.39, 0.29) is 35.0 Å². The molecule has 1 aliphatic rings. The average Bonchev–Trinajstić information content (AvgIpc) is 3.25. The number of benzene rings is 1. The fourth-order valence-electron chi connectivity index (χ4n) is 2.81. The average molecular weight is 371 g/mol. The van der Waals surface area contributed by atoms with E-state index >= 15 is 0 Å². The molecule has 0 aliphatic carbocycles. The number of amides is 1. The molecule has 1 saturated heterocycles. The Morgan fingerprint density at radius 3 is 2.70 bits per heavy atom. The summed E-state index contributed by atoms with van der Waals surface area (Å²) in [6, 6.07) is 8.57. The number of imidazole rings is 1. The molecule has 9 nitrogen and oxygen atoms in total. The second-order valence-corrected chi connectivity index (χ2v) is 5.82. The second-order valence-electron chi connectivity index (χ2n) is 5.82. The van der Waals surface area contributed by atoms with Crippen LogP contribution in [0, 0.1) is 0 Å². The highest BCUT2D eigenvalue weighted by atomic mass is 19.1. The maximum absolute atomic E-state index is 12.8. The number of nitrogens with one attached hydrogen (secondary N) is 1. The van der Waals surface area contributed by atoms with Crippen LogP contribution in [-0.4, -0.2) is 47.8 Å². The summed E-state index contributed by atoms with van der Waals surface area (Å²) in [5.41, 5.74) is 0.938. The molecule has 3 N–H and O–H groups in total. The molecule has 10 heteroatoms. The largest absolute Gasteiger partial charge is 0.466 e. The van der Waals surface area contributed by atoms with Gasteiger partial charge in [-0.05, 0) is 12.1 Å². The summed E-state index contributed by atoms with van der Waals surface area (Å²) < 4.78 is 19.3. The van der Waals surface area contributed by atoms with Crippen LogP contribution in [0.3, 0.4) is 0 Å². The molecule has 3 heterocycles. The van der Waals surface area contributed by atoms with Crippen LogP contribution in [0.1, 0.15) is 16.6 Å². The normalized spacial score (nSPS) is 23.5. The van der Waals surface area contributed by atoms with E-state index in [4.69, 9.17) is 4.74 Å². The van der Waals surface area contributed by atoms with Crippen molar-refractivity contribution in [1.29, 1.82) is 0 Å². The van der Waals surface area contributed by atoms with Gasteiger partial charge in [0.05, 0.1) is 0 Å². The van der Waals surface area contributed by atoms with Crippen molar-refractivity contribution in [3.8, 4) is 0 Å². The number of aliphatic hydroxyl groups is 2. The van der Waals surface area contributed by atoms with Gasteiger partial charge in [0.25, 0.3) is 5.91 Å². The zero-order valence-electron chi connectivity index (χ0n) is 13.7. The molecule has 0 radical (unpaired) electrons. The Morgan fingerprint density at radius 1 is 1.22 bits per heavy atom. The van der Waals surface area contributed by atoms with Gasteiger partial charge in [-0.25, -0.2) is 19.3 Å². The Hall–Kier alpha value is -3.37. The molecule has 1 fully saturated rings. The number of anilines is 1. The van der Waals surface area contributed by atoms with Crippen LogP contribution in [0.4, 0.5) is 10.2 Å². The van der Waals surface area contributed by atoms with Crippen molar-refractivity contribution in [2.24, 2.45) is 0 Å². The number of halogens is 1.